The smallest absolute Gasteiger partial charge is 0.336 e. The monoisotopic (exact) mass is 427 g/mol. The molecule has 0 aliphatic carbocycles. The van der Waals surface area contributed by atoms with Gasteiger partial charge in [0.2, 0.25) is 5.91 Å². The van der Waals surface area contributed by atoms with E-state index in [1.807, 2.05) is 30.3 Å². The lowest BCUT2D eigenvalue weighted by atomic mass is 10.1. The Morgan fingerprint density at radius 2 is 1.88 bits per heavy atom. The van der Waals surface area contributed by atoms with Crippen LogP contribution in [0, 0.1) is 0 Å². The van der Waals surface area contributed by atoms with Crippen molar-refractivity contribution in [2.75, 3.05) is 5.32 Å². The maximum atomic E-state index is 13.1. The van der Waals surface area contributed by atoms with Gasteiger partial charge in [-0.2, -0.15) is 5.10 Å². The second kappa shape index (κ2) is 7.62. The maximum absolute atomic E-state index is 13.1. The Bertz CT molecular complexity index is 1600. The van der Waals surface area contributed by atoms with Crippen molar-refractivity contribution in [3.63, 3.8) is 0 Å². The highest BCUT2D eigenvalue weighted by Crippen LogP contribution is 2.22. The first kappa shape index (κ1) is 19.4. The van der Waals surface area contributed by atoms with E-state index in [1.165, 1.54) is 30.1 Å². The Morgan fingerprint density at radius 1 is 1.06 bits per heavy atom. The quantitative estimate of drug-likeness (QED) is 0.442. The van der Waals surface area contributed by atoms with Gasteiger partial charge in [-0.05, 0) is 29.8 Å². The molecule has 5 rings (SSSR count). The molecule has 2 aromatic carbocycles. The predicted molar refractivity (Wildman–Crippen MR) is 119 cm³/mol. The fourth-order valence-electron chi connectivity index (χ4n) is 3.64. The summed E-state index contributed by atoms with van der Waals surface area (Å²) < 4.78 is 8.33. The highest BCUT2D eigenvalue weighted by molar-refractivity contribution is 5.92. The lowest BCUT2D eigenvalue weighted by Gasteiger charge is -2.10. The van der Waals surface area contributed by atoms with E-state index in [1.54, 1.807) is 22.9 Å². The minimum Gasteiger partial charge on any atom is -0.423 e. The number of nitrogens with one attached hydrogen (secondary N) is 1. The van der Waals surface area contributed by atoms with Crippen molar-refractivity contribution in [3.8, 4) is 5.69 Å². The first-order valence-electron chi connectivity index (χ1n) is 9.82. The van der Waals surface area contributed by atoms with Crippen molar-refractivity contribution in [2.45, 2.75) is 13.5 Å². The summed E-state index contributed by atoms with van der Waals surface area (Å²) in [5.41, 5.74) is 1.87. The number of benzene rings is 2. The van der Waals surface area contributed by atoms with Gasteiger partial charge in [0.1, 0.15) is 17.3 Å². The minimum absolute atomic E-state index is 0.125. The molecule has 158 valence electrons. The number of para-hydroxylation sites is 1. The Kier molecular flexibility index (Phi) is 4.63. The highest BCUT2D eigenvalue weighted by atomic mass is 16.4. The number of rotatable bonds is 4. The van der Waals surface area contributed by atoms with Crippen LogP contribution in [-0.2, 0) is 11.3 Å². The molecule has 0 saturated carbocycles. The molecule has 3 aromatic heterocycles. The molecule has 1 N–H and O–H groups in total. The van der Waals surface area contributed by atoms with Gasteiger partial charge in [0, 0.05) is 30.1 Å². The number of aromatic nitrogens is 4. The Labute approximate surface area is 180 Å². The molecule has 32 heavy (non-hydrogen) atoms. The minimum atomic E-state index is -0.550. The average molecular weight is 427 g/mol. The lowest BCUT2D eigenvalue weighted by Crippen LogP contribution is -2.21. The van der Waals surface area contributed by atoms with E-state index in [0.717, 1.165) is 5.69 Å². The Morgan fingerprint density at radius 3 is 2.66 bits per heavy atom. The fraction of sp³-hybridized carbons (Fsp3) is 0.0870. The van der Waals surface area contributed by atoms with E-state index in [4.69, 9.17) is 4.42 Å². The topological polar surface area (TPSA) is 112 Å². The van der Waals surface area contributed by atoms with Crippen LogP contribution < -0.4 is 16.5 Å². The van der Waals surface area contributed by atoms with Crippen LogP contribution in [0.4, 0.5) is 5.69 Å². The standard InChI is InChI=1S/C23H17N5O4/c1-14(29)26-16-7-8-18-15(9-21(30)32-20(18)10-16)12-27-13-24-22-19(23(27)31)11-25-28(22)17-5-3-2-4-6-17/h2-11,13H,12H2,1H3,(H,26,29). The SMILES string of the molecule is CC(=O)Nc1ccc2c(Cn3cnc4c(cnn4-c4ccccc4)c3=O)cc(=O)oc2c1. The number of carbonyl (C=O) groups excluding carboxylic acids is 1. The van der Waals surface area contributed by atoms with Crippen molar-refractivity contribution >= 4 is 33.6 Å². The summed E-state index contributed by atoms with van der Waals surface area (Å²) in [5.74, 6) is -0.232. The summed E-state index contributed by atoms with van der Waals surface area (Å²) in [6.45, 7) is 1.52. The van der Waals surface area contributed by atoms with Gasteiger partial charge in [0.05, 0.1) is 18.4 Å². The summed E-state index contributed by atoms with van der Waals surface area (Å²) >= 11 is 0. The van der Waals surface area contributed by atoms with Crippen molar-refractivity contribution in [2.24, 2.45) is 0 Å². The molecule has 5 aromatic rings. The number of anilines is 1. The molecule has 9 nitrogen and oxygen atoms in total. The van der Waals surface area contributed by atoms with Crippen molar-refractivity contribution in [1.29, 1.82) is 0 Å². The number of fused-ring (bicyclic) bond motifs is 2. The average Bonchev–Trinajstić information content (AvgIpc) is 3.20. The Balaban J connectivity index is 1.57. The number of hydrogen-bond donors (Lipinski definition) is 1. The van der Waals surface area contributed by atoms with Crippen molar-refractivity contribution in [3.05, 3.63) is 93.5 Å². The van der Waals surface area contributed by atoms with Crippen LogP contribution in [0.5, 0.6) is 0 Å². The van der Waals surface area contributed by atoms with Gasteiger partial charge in [-0.3, -0.25) is 14.2 Å². The lowest BCUT2D eigenvalue weighted by molar-refractivity contribution is -0.114. The fourth-order valence-corrected chi connectivity index (χ4v) is 3.64. The molecule has 0 radical (unpaired) electrons. The van der Waals surface area contributed by atoms with Crippen LogP contribution in [0.3, 0.4) is 0 Å². The molecule has 0 fully saturated rings. The van der Waals surface area contributed by atoms with Gasteiger partial charge < -0.3 is 9.73 Å². The highest BCUT2D eigenvalue weighted by Gasteiger charge is 2.14. The molecule has 0 aliphatic heterocycles. The molecule has 1 amide bonds. The first-order valence-corrected chi connectivity index (χ1v) is 9.82. The predicted octanol–water partition coefficient (Wildman–Crippen LogP) is 2.70. The summed E-state index contributed by atoms with van der Waals surface area (Å²) in [7, 11) is 0. The Hall–Kier alpha value is -4.53. The first-order chi connectivity index (χ1) is 15.5. The zero-order chi connectivity index (χ0) is 22.2. The van der Waals surface area contributed by atoms with Gasteiger partial charge in [0.15, 0.2) is 5.65 Å². The van der Waals surface area contributed by atoms with Crippen LogP contribution in [-0.4, -0.2) is 25.2 Å². The van der Waals surface area contributed by atoms with E-state index in [-0.39, 0.29) is 18.0 Å². The van der Waals surface area contributed by atoms with Crippen LogP contribution >= 0.6 is 0 Å². The number of amides is 1. The molecular formula is C23H17N5O4. The molecule has 0 atom stereocenters. The largest absolute Gasteiger partial charge is 0.423 e. The van der Waals surface area contributed by atoms with E-state index in [2.05, 4.69) is 15.4 Å². The zero-order valence-electron chi connectivity index (χ0n) is 17.0. The normalized spacial score (nSPS) is 11.2. The number of nitrogens with zero attached hydrogens (tertiary/aromatic N) is 4. The molecule has 3 heterocycles. The van der Waals surface area contributed by atoms with E-state index in [9.17, 15) is 14.4 Å². The summed E-state index contributed by atoms with van der Waals surface area (Å²) in [6, 6.07) is 15.8. The third-order valence-electron chi connectivity index (χ3n) is 5.05. The second-order valence-electron chi connectivity index (χ2n) is 7.29. The zero-order valence-corrected chi connectivity index (χ0v) is 17.0. The van der Waals surface area contributed by atoms with Crippen molar-refractivity contribution in [1.82, 2.24) is 19.3 Å². The van der Waals surface area contributed by atoms with Crippen molar-refractivity contribution < 1.29 is 9.21 Å². The van der Waals surface area contributed by atoms with E-state index >= 15 is 0 Å². The second-order valence-corrected chi connectivity index (χ2v) is 7.29. The number of hydrogen-bond acceptors (Lipinski definition) is 6. The summed E-state index contributed by atoms with van der Waals surface area (Å²) in [6.07, 6.45) is 2.93. The van der Waals surface area contributed by atoms with Gasteiger partial charge >= 0.3 is 5.63 Å². The molecule has 0 aliphatic rings. The van der Waals surface area contributed by atoms with E-state index < -0.39 is 5.63 Å². The van der Waals surface area contributed by atoms with Gasteiger partial charge in [-0.15, -0.1) is 0 Å². The summed E-state index contributed by atoms with van der Waals surface area (Å²) in [4.78, 5) is 41.0. The molecule has 0 unspecified atom stereocenters. The van der Waals surface area contributed by atoms with E-state index in [0.29, 0.717) is 33.3 Å². The van der Waals surface area contributed by atoms with Gasteiger partial charge in [0.25, 0.3) is 5.56 Å². The third-order valence-corrected chi connectivity index (χ3v) is 5.05. The van der Waals surface area contributed by atoms with Crippen LogP contribution in [0.25, 0.3) is 27.7 Å². The molecule has 9 heteroatoms. The van der Waals surface area contributed by atoms with Gasteiger partial charge in [-0.25, -0.2) is 14.5 Å². The maximum Gasteiger partial charge on any atom is 0.336 e. The summed E-state index contributed by atoms with van der Waals surface area (Å²) in [5, 5.41) is 8.00. The van der Waals surface area contributed by atoms with Crippen LogP contribution in [0.15, 0.2) is 81.1 Å². The molecule has 0 bridgehead atoms. The van der Waals surface area contributed by atoms with Crippen LogP contribution in [0.1, 0.15) is 12.5 Å². The van der Waals surface area contributed by atoms with Gasteiger partial charge in [-0.1, -0.05) is 18.2 Å². The van der Waals surface area contributed by atoms with Crippen LogP contribution in [0.2, 0.25) is 0 Å². The number of carbonyl (C=O) groups is 1. The molecule has 0 spiro atoms. The third kappa shape index (κ3) is 3.45. The molecular weight excluding hydrogens is 410 g/mol. The molecule has 0 saturated heterocycles.